The molecular weight excluding hydrogens is 230 g/mol. The van der Waals surface area contributed by atoms with E-state index in [-0.39, 0.29) is 0 Å². The molecule has 1 N–H and O–H groups in total. The lowest BCUT2D eigenvalue weighted by molar-refractivity contribution is 0.0157. The van der Waals surface area contributed by atoms with Crippen LogP contribution in [0.3, 0.4) is 0 Å². The van der Waals surface area contributed by atoms with Gasteiger partial charge in [0.2, 0.25) is 0 Å². The standard InChI is InChI=1S/C14H19NOS/c1-2-7-14-12(6-1)13(10-17-14)15-9-11-5-3-4-8-16-11/h1-2,6-7,11,13,15H,3-5,8-10H2. The minimum atomic E-state index is 0.432. The summed E-state index contributed by atoms with van der Waals surface area (Å²) >= 11 is 1.96. The van der Waals surface area contributed by atoms with E-state index in [0.717, 1.165) is 18.9 Å². The van der Waals surface area contributed by atoms with E-state index in [1.54, 1.807) is 0 Å². The van der Waals surface area contributed by atoms with Crippen molar-refractivity contribution in [3.05, 3.63) is 29.8 Å². The summed E-state index contributed by atoms with van der Waals surface area (Å²) in [5, 5.41) is 3.66. The van der Waals surface area contributed by atoms with Gasteiger partial charge in [0.25, 0.3) is 0 Å². The molecule has 0 spiro atoms. The van der Waals surface area contributed by atoms with Crippen molar-refractivity contribution in [2.24, 2.45) is 0 Å². The second kappa shape index (κ2) is 5.42. The number of hydrogen-bond acceptors (Lipinski definition) is 3. The summed E-state index contributed by atoms with van der Waals surface area (Å²) in [5.41, 5.74) is 1.47. The van der Waals surface area contributed by atoms with Gasteiger partial charge in [-0.3, -0.25) is 0 Å². The summed E-state index contributed by atoms with van der Waals surface area (Å²) in [6, 6.07) is 9.24. The van der Waals surface area contributed by atoms with Gasteiger partial charge in [0.15, 0.2) is 0 Å². The summed E-state index contributed by atoms with van der Waals surface area (Å²) in [6.07, 6.45) is 4.21. The molecule has 0 aliphatic carbocycles. The van der Waals surface area contributed by atoms with E-state index in [0.29, 0.717) is 12.1 Å². The van der Waals surface area contributed by atoms with Gasteiger partial charge in [-0.2, -0.15) is 0 Å². The maximum atomic E-state index is 5.76. The number of fused-ring (bicyclic) bond motifs is 1. The molecule has 1 saturated heterocycles. The Bertz CT molecular complexity index is 376. The largest absolute Gasteiger partial charge is 0.377 e. The highest BCUT2D eigenvalue weighted by Gasteiger charge is 2.23. The first-order chi connectivity index (χ1) is 8.43. The molecule has 2 unspecified atom stereocenters. The highest BCUT2D eigenvalue weighted by Crippen LogP contribution is 2.37. The van der Waals surface area contributed by atoms with Crippen molar-refractivity contribution in [1.29, 1.82) is 0 Å². The molecule has 0 radical (unpaired) electrons. The molecule has 2 atom stereocenters. The monoisotopic (exact) mass is 249 g/mol. The smallest absolute Gasteiger partial charge is 0.0699 e. The lowest BCUT2D eigenvalue weighted by Gasteiger charge is -2.24. The van der Waals surface area contributed by atoms with Crippen LogP contribution in [0.15, 0.2) is 29.2 Å². The molecule has 92 valence electrons. The predicted molar refractivity (Wildman–Crippen MR) is 71.5 cm³/mol. The van der Waals surface area contributed by atoms with Gasteiger partial charge in [0.05, 0.1) is 6.10 Å². The molecule has 0 bridgehead atoms. The van der Waals surface area contributed by atoms with Gasteiger partial charge in [0.1, 0.15) is 0 Å². The molecule has 17 heavy (non-hydrogen) atoms. The first-order valence-corrected chi connectivity index (χ1v) is 7.49. The van der Waals surface area contributed by atoms with Crippen LogP contribution in [0.5, 0.6) is 0 Å². The number of rotatable bonds is 3. The van der Waals surface area contributed by atoms with E-state index in [4.69, 9.17) is 4.74 Å². The molecule has 2 aliphatic rings. The molecular formula is C14H19NOS. The highest BCUT2D eigenvalue weighted by molar-refractivity contribution is 7.99. The first kappa shape index (κ1) is 11.6. The fourth-order valence-corrected chi connectivity index (χ4v) is 3.77. The second-order valence-electron chi connectivity index (χ2n) is 4.80. The van der Waals surface area contributed by atoms with Gasteiger partial charge in [-0.15, -0.1) is 11.8 Å². The normalized spacial score (nSPS) is 28.0. The maximum Gasteiger partial charge on any atom is 0.0699 e. The number of thioether (sulfide) groups is 1. The fraction of sp³-hybridized carbons (Fsp3) is 0.571. The van der Waals surface area contributed by atoms with Crippen molar-refractivity contribution in [1.82, 2.24) is 5.32 Å². The van der Waals surface area contributed by atoms with Gasteiger partial charge < -0.3 is 10.1 Å². The Hall–Kier alpha value is -0.510. The van der Waals surface area contributed by atoms with E-state index in [1.807, 2.05) is 11.8 Å². The van der Waals surface area contributed by atoms with Gasteiger partial charge in [0, 0.05) is 29.8 Å². The Morgan fingerprint density at radius 2 is 2.24 bits per heavy atom. The van der Waals surface area contributed by atoms with Crippen LogP contribution in [0.4, 0.5) is 0 Å². The summed E-state index contributed by atoms with van der Waals surface area (Å²) in [7, 11) is 0. The van der Waals surface area contributed by atoms with Crippen molar-refractivity contribution in [2.75, 3.05) is 18.9 Å². The molecule has 2 heterocycles. The van der Waals surface area contributed by atoms with E-state index >= 15 is 0 Å². The summed E-state index contributed by atoms with van der Waals surface area (Å²) in [5.74, 6) is 1.16. The zero-order valence-corrected chi connectivity index (χ0v) is 10.8. The number of nitrogens with one attached hydrogen (secondary N) is 1. The van der Waals surface area contributed by atoms with Crippen molar-refractivity contribution in [3.63, 3.8) is 0 Å². The average molecular weight is 249 g/mol. The molecule has 0 amide bonds. The van der Waals surface area contributed by atoms with Crippen LogP contribution >= 0.6 is 11.8 Å². The van der Waals surface area contributed by atoms with Crippen molar-refractivity contribution in [2.45, 2.75) is 36.3 Å². The van der Waals surface area contributed by atoms with Crippen LogP contribution in [0.2, 0.25) is 0 Å². The lowest BCUT2D eigenvalue weighted by atomic mass is 10.1. The zero-order valence-electron chi connectivity index (χ0n) is 10.0. The predicted octanol–water partition coefficient (Wildman–Crippen LogP) is 2.99. The van der Waals surface area contributed by atoms with E-state index in [9.17, 15) is 0 Å². The lowest BCUT2D eigenvalue weighted by Crippen LogP contribution is -2.34. The van der Waals surface area contributed by atoms with Crippen molar-refractivity contribution >= 4 is 11.8 Å². The van der Waals surface area contributed by atoms with Crippen LogP contribution in [0.25, 0.3) is 0 Å². The third kappa shape index (κ3) is 2.67. The van der Waals surface area contributed by atoms with Crippen LogP contribution in [0.1, 0.15) is 30.9 Å². The molecule has 3 heteroatoms. The minimum absolute atomic E-state index is 0.432. The number of hydrogen-bond donors (Lipinski definition) is 1. The Morgan fingerprint density at radius 3 is 3.12 bits per heavy atom. The summed E-state index contributed by atoms with van der Waals surface area (Å²) in [4.78, 5) is 1.44. The molecule has 2 aliphatic heterocycles. The zero-order chi connectivity index (χ0) is 11.5. The molecule has 3 rings (SSSR count). The third-order valence-corrected chi connectivity index (χ3v) is 4.75. The van der Waals surface area contributed by atoms with Gasteiger partial charge in [-0.1, -0.05) is 18.2 Å². The molecule has 0 saturated carbocycles. The third-order valence-electron chi connectivity index (χ3n) is 3.57. The van der Waals surface area contributed by atoms with Gasteiger partial charge >= 0.3 is 0 Å². The molecule has 1 aromatic rings. The van der Waals surface area contributed by atoms with E-state index in [1.165, 1.54) is 29.7 Å². The molecule has 1 fully saturated rings. The van der Waals surface area contributed by atoms with E-state index < -0.39 is 0 Å². The van der Waals surface area contributed by atoms with Crippen molar-refractivity contribution in [3.8, 4) is 0 Å². The van der Waals surface area contributed by atoms with Crippen LogP contribution in [-0.2, 0) is 4.74 Å². The number of ether oxygens (including phenoxy) is 1. The summed E-state index contributed by atoms with van der Waals surface area (Å²) < 4.78 is 5.76. The minimum Gasteiger partial charge on any atom is -0.377 e. The summed E-state index contributed by atoms with van der Waals surface area (Å²) in [6.45, 7) is 1.95. The Balaban J connectivity index is 1.56. The van der Waals surface area contributed by atoms with Crippen LogP contribution in [-0.4, -0.2) is 25.0 Å². The Morgan fingerprint density at radius 1 is 1.29 bits per heavy atom. The Kier molecular flexibility index (Phi) is 3.69. The molecule has 1 aromatic carbocycles. The fourth-order valence-electron chi connectivity index (χ4n) is 2.57. The highest BCUT2D eigenvalue weighted by atomic mass is 32.2. The topological polar surface area (TPSA) is 21.3 Å². The average Bonchev–Trinajstić information content (AvgIpc) is 2.81. The molecule has 2 nitrogen and oxygen atoms in total. The van der Waals surface area contributed by atoms with Crippen LogP contribution < -0.4 is 5.32 Å². The van der Waals surface area contributed by atoms with E-state index in [2.05, 4.69) is 29.6 Å². The first-order valence-electron chi connectivity index (χ1n) is 6.50. The van der Waals surface area contributed by atoms with Gasteiger partial charge in [-0.25, -0.2) is 0 Å². The second-order valence-corrected chi connectivity index (χ2v) is 5.86. The quantitative estimate of drug-likeness (QED) is 0.890. The van der Waals surface area contributed by atoms with Crippen molar-refractivity contribution < 1.29 is 4.74 Å². The SMILES string of the molecule is c1ccc2c(c1)SCC2NCC1CCCCO1. The number of benzene rings is 1. The molecule has 0 aromatic heterocycles. The van der Waals surface area contributed by atoms with Gasteiger partial charge in [-0.05, 0) is 30.9 Å². The van der Waals surface area contributed by atoms with Crippen LogP contribution in [0, 0.1) is 0 Å². The Labute approximate surface area is 107 Å². The maximum absolute atomic E-state index is 5.76.